The molecule has 10 heteroatoms. The number of carboxylic acids is 1. The summed E-state index contributed by atoms with van der Waals surface area (Å²) in [4.78, 5) is 24.2. The Hall–Kier alpha value is -3.63. The molecule has 0 aliphatic rings. The normalized spacial score (nSPS) is 10.7. The van der Waals surface area contributed by atoms with E-state index in [0.717, 1.165) is 16.3 Å². The molecule has 0 aliphatic carbocycles. The standard InChI is InChI=1S/C22H18N4O4S2/c1-30-17-10-8-16(9-11-17)26-20(18-3-2-12-31-18)24-25-22(26)32-13-19(27)23-15-6-4-14(5-7-15)21(28)29/h2-12H,13H2,1H3,(H,23,27)(H,28,29)/p-1. The molecule has 0 bridgehead atoms. The minimum Gasteiger partial charge on any atom is -0.545 e. The van der Waals surface area contributed by atoms with Gasteiger partial charge in [0.1, 0.15) is 5.75 Å². The van der Waals surface area contributed by atoms with Gasteiger partial charge < -0.3 is 20.0 Å². The van der Waals surface area contributed by atoms with Gasteiger partial charge in [-0.1, -0.05) is 30.0 Å². The number of rotatable bonds is 8. The summed E-state index contributed by atoms with van der Waals surface area (Å²) in [6.45, 7) is 0. The number of benzene rings is 2. The molecule has 0 unspecified atom stereocenters. The molecule has 162 valence electrons. The van der Waals surface area contributed by atoms with Crippen LogP contribution in [0.1, 0.15) is 10.4 Å². The highest BCUT2D eigenvalue weighted by Gasteiger charge is 2.18. The largest absolute Gasteiger partial charge is 0.545 e. The number of thiophene rings is 1. The number of thioether (sulfide) groups is 1. The third-order valence-electron chi connectivity index (χ3n) is 4.44. The van der Waals surface area contributed by atoms with Crippen molar-refractivity contribution >= 4 is 40.7 Å². The molecule has 0 fully saturated rings. The maximum absolute atomic E-state index is 12.4. The number of methoxy groups -OCH3 is 1. The topological polar surface area (TPSA) is 109 Å². The molecule has 4 rings (SSSR count). The van der Waals surface area contributed by atoms with Crippen molar-refractivity contribution in [2.45, 2.75) is 5.16 Å². The highest BCUT2D eigenvalue weighted by molar-refractivity contribution is 7.99. The number of amides is 1. The fourth-order valence-electron chi connectivity index (χ4n) is 2.91. The molecule has 32 heavy (non-hydrogen) atoms. The lowest BCUT2D eigenvalue weighted by molar-refractivity contribution is -0.255. The van der Waals surface area contributed by atoms with E-state index in [1.807, 2.05) is 46.3 Å². The van der Waals surface area contributed by atoms with Crippen molar-refractivity contribution in [3.8, 4) is 22.1 Å². The second-order valence-corrected chi connectivity index (χ2v) is 8.41. The van der Waals surface area contributed by atoms with E-state index >= 15 is 0 Å². The van der Waals surface area contributed by atoms with E-state index in [9.17, 15) is 14.7 Å². The van der Waals surface area contributed by atoms with Gasteiger partial charge in [-0.25, -0.2) is 0 Å². The van der Waals surface area contributed by atoms with E-state index in [0.29, 0.717) is 16.7 Å². The number of aromatic carboxylic acids is 1. The van der Waals surface area contributed by atoms with Crippen molar-refractivity contribution in [3.63, 3.8) is 0 Å². The number of hydrogen-bond acceptors (Lipinski definition) is 8. The van der Waals surface area contributed by atoms with Crippen molar-refractivity contribution in [1.82, 2.24) is 14.8 Å². The number of carbonyl (C=O) groups excluding carboxylic acids is 2. The van der Waals surface area contributed by atoms with Gasteiger partial charge in [0.2, 0.25) is 5.91 Å². The molecule has 2 aromatic heterocycles. The molecule has 2 aromatic carbocycles. The first-order valence-corrected chi connectivity index (χ1v) is 11.3. The van der Waals surface area contributed by atoms with Crippen LogP contribution in [0.2, 0.25) is 0 Å². The van der Waals surface area contributed by atoms with E-state index in [-0.39, 0.29) is 17.2 Å². The molecular formula is C22H17N4O4S2-. The van der Waals surface area contributed by atoms with Crippen molar-refractivity contribution in [3.05, 3.63) is 71.6 Å². The molecule has 0 spiro atoms. The smallest absolute Gasteiger partial charge is 0.234 e. The van der Waals surface area contributed by atoms with Gasteiger partial charge in [0.05, 0.1) is 29.4 Å². The van der Waals surface area contributed by atoms with Crippen LogP contribution in [0.4, 0.5) is 5.69 Å². The molecule has 1 amide bonds. The van der Waals surface area contributed by atoms with Gasteiger partial charge in [0, 0.05) is 5.69 Å². The molecule has 0 atom stereocenters. The lowest BCUT2D eigenvalue weighted by Crippen LogP contribution is -2.22. The minimum atomic E-state index is -1.27. The molecule has 2 heterocycles. The van der Waals surface area contributed by atoms with Crippen molar-refractivity contribution in [2.75, 3.05) is 18.2 Å². The second kappa shape index (κ2) is 9.67. The van der Waals surface area contributed by atoms with Crippen LogP contribution in [0.25, 0.3) is 16.4 Å². The average molecular weight is 466 g/mol. The first-order valence-electron chi connectivity index (χ1n) is 9.43. The second-order valence-electron chi connectivity index (χ2n) is 6.52. The molecule has 0 radical (unpaired) electrons. The molecule has 1 N–H and O–H groups in total. The summed E-state index contributed by atoms with van der Waals surface area (Å²) >= 11 is 2.80. The van der Waals surface area contributed by atoms with E-state index in [4.69, 9.17) is 4.74 Å². The van der Waals surface area contributed by atoms with Crippen LogP contribution in [0.5, 0.6) is 5.75 Å². The average Bonchev–Trinajstić information content (AvgIpc) is 3.48. The number of nitrogens with zero attached hydrogens (tertiary/aromatic N) is 3. The highest BCUT2D eigenvalue weighted by atomic mass is 32.2. The van der Waals surface area contributed by atoms with Crippen molar-refractivity contribution in [2.24, 2.45) is 0 Å². The predicted octanol–water partition coefficient (Wildman–Crippen LogP) is 3.10. The first kappa shape index (κ1) is 21.6. The van der Waals surface area contributed by atoms with Gasteiger partial charge in [-0.2, -0.15) is 0 Å². The molecule has 4 aromatic rings. The number of aromatic nitrogens is 3. The highest BCUT2D eigenvalue weighted by Crippen LogP contribution is 2.31. The maximum atomic E-state index is 12.4. The number of nitrogens with one attached hydrogen (secondary N) is 1. The van der Waals surface area contributed by atoms with Gasteiger partial charge in [0.15, 0.2) is 11.0 Å². The number of anilines is 1. The fraction of sp³-hybridized carbons (Fsp3) is 0.0909. The van der Waals surface area contributed by atoms with E-state index in [1.165, 1.54) is 36.0 Å². The summed E-state index contributed by atoms with van der Waals surface area (Å²) in [6, 6.07) is 17.2. The van der Waals surface area contributed by atoms with Crippen LogP contribution in [0.3, 0.4) is 0 Å². The zero-order chi connectivity index (χ0) is 22.5. The Labute approximate surface area is 191 Å². The number of carbonyl (C=O) groups is 2. The van der Waals surface area contributed by atoms with Crippen LogP contribution in [0, 0.1) is 0 Å². The minimum absolute atomic E-state index is 0.0473. The van der Waals surface area contributed by atoms with Gasteiger partial charge in [0.25, 0.3) is 0 Å². The summed E-state index contributed by atoms with van der Waals surface area (Å²) in [6.07, 6.45) is 0. The third kappa shape index (κ3) is 4.82. The number of hydrogen-bond donors (Lipinski definition) is 1. The fourth-order valence-corrected chi connectivity index (χ4v) is 4.36. The molecule has 0 saturated carbocycles. The Balaban J connectivity index is 1.52. The Morgan fingerprint density at radius 1 is 1.09 bits per heavy atom. The SMILES string of the molecule is COc1ccc(-n2c(SCC(=O)Nc3ccc(C(=O)[O-])cc3)nnc2-c2cccs2)cc1. The van der Waals surface area contributed by atoms with Crippen LogP contribution in [-0.4, -0.2) is 39.5 Å². The van der Waals surface area contributed by atoms with Crippen LogP contribution >= 0.6 is 23.1 Å². The van der Waals surface area contributed by atoms with E-state index in [1.54, 1.807) is 18.4 Å². The zero-order valence-corrected chi connectivity index (χ0v) is 18.5. The summed E-state index contributed by atoms with van der Waals surface area (Å²) in [7, 11) is 1.61. The quantitative estimate of drug-likeness (QED) is 0.398. The van der Waals surface area contributed by atoms with Gasteiger partial charge in [-0.05, 0) is 53.4 Å². The van der Waals surface area contributed by atoms with Crippen molar-refractivity contribution < 1.29 is 19.4 Å². The van der Waals surface area contributed by atoms with Crippen LogP contribution in [-0.2, 0) is 4.79 Å². The molecule has 0 saturated heterocycles. The Bertz CT molecular complexity index is 1220. The van der Waals surface area contributed by atoms with E-state index in [2.05, 4.69) is 15.5 Å². The summed E-state index contributed by atoms with van der Waals surface area (Å²) in [5, 5.41) is 24.8. The number of carboxylic acid groups (broad SMARTS) is 1. The molecular weight excluding hydrogens is 448 g/mol. The Kier molecular flexibility index (Phi) is 6.52. The molecule has 0 aliphatic heterocycles. The lowest BCUT2D eigenvalue weighted by atomic mass is 10.2. The van der Waals surface area contributed by atoms with E-state index < -0.39 is 5.97 Å². The summed E-state index contributed by atoms with van der Waals surface area (Å²) < 4.78 is 7.14. The predicted molar refractivity (Wildman–Crippen MR) is 121 cm³/mol. The first-order chi connectivity index (χ1) is 15.5. The zero-order valence-electron chi connectivity index (χ0n) is 16.8. The lowest BCUT2D eigenvalue weighted by Gasteiger charge is -2.11. The van der Waals surface area contributed by atoms with Gasteiger partial charge >= 0.3 is 0 Å². The summed E-state index contributed by atoms with van der Waals surface area (Å²) in [5.74, 6) is 0.000700. The van der Waals surface area contributed by atoms with Crippen molar-refractivity contribution in [1.29, 1.82) is 0 Å². The number of ether oxygens (including phenoxy) is 1. The van der Waals surface area contributed by atoms with Gasteiger partial charge in [-0.15, -0.1) is 21.5 Å². The monoisotopic (exact) mass is 465 g/mol. The van der Waals surface area contributed by atoms with Gasteiger partial charge in [-0.3, -0.25) is 9.36 Å². The third-order valence-corrected chi connectivity index (χ3v) is 6.24. The Morgan fingerprint density at radius 2 is 1.84 bits per heavy atom. The maximum Gasteiger partial charge on any atom is 0.234 e. The summed E-state index contributed by atoms with van der Waals surface area (Å²) in [5.41, 5.74) is 1.39. The molecule has 8 nitrogen and oxygen atoms in total. The Morgan fingerprint density at radius 3 is 2.47 bits per heavy atom. The van der Waals surface area contributed by atoms with Crippen LogP contribution in [0.15, 0.2) is 71.2 Å². The van der Waals surface area contributed by atoms with Crippen LogP contribution < -0.4 is 15.2 Å².